The van der Waals surface area contributed by atoms with Crippen molar-refractivity contribution >= 4 is 11.9 Å². The first-order valence-electron chi connectivity index (χ1n) is 6.73. The molecular weight excluding hydrogens is 256 g/mol. The average molecular weight is 276 g/mol. The third-order valence-corrected chi connectivity index (χ3v) is 3.59. The van der Waals surface area contributed by atoms with E-state index in [9.17, 15) is 9.59 Å². The van der Waals surface area contributed by atoms with Crippen molar-refractivity contribution in [2.75, 3.05) is 26.7 Å². The Morgan fingerprint density at radius 1 is 1.25 bits per heavy atom. The Morgan fingerprint density at radius 2 is 1.95 bits per heavy atom. The quantitative estimate of drug-likeness (QED) is 0.769. The van der Waals surface area contributed by atoms with E-state index in [1.165, 1.54) is 19.6 Å². The van der Waals surface area contributed by atoms with Crippen molar-refractivity contribution in [1.82, 2.24) is 9.80 Å². The van der Waals surface area contributed by atoms with Crippen LogP contribution in [0, 0.1) is 0 Å². The van der Waals surface area contributed by atoms with Crippen LogP contribution in [0.25, 0.3) is 0 Å². The van der Waals surface area contributed by atoms with Gasteiger partial charge in [0.2, 0.25) is 5.91 Å². The van der Waals surface area contributed by atoms with Gasteiger partial charge in [0.05, 0.1) is 7.11 Å². The molecule has 1 aromatic carbocycles. The Bertz CT molecular complexity index is 475. The number of carbonyl (C=O) groups excluding carboxylic acids is 2. The summed E-state index contributed by atoms with van der Waals surface area (Å²) in [6, 6.07) is 9.59. The third-order valence-electron chi connectivity index (χ3n) is 3.59. The predicted molar refractivity (Wildman–Crippen MR) is 74.9 cm³/mol. The van der Waals surface area contributed by atoms with Crippen molar-refractivity contribution in [3.8, 4) is 0 Å². The standard InChI is InChI=1S/C15H20N2O3/c1-12(18)17-9-8-16(11-14(17)15(19)20-2)10-13-6-4-3-5-7-13/h3-7,14H,8-11H2,1-2H3. The summed E-state index contributed by atoms with van der Waals surface area (Å²) in [7, 11) is 1.36. The van der Waals surface area contributed by atoms with Gasteiger partial charge in [-0.3, -0.25) is 9.69 Å². The molecule has 1 saturated heterocycles. The molecule has 2 rings (SSSR count). The number of carbonyl (C=O) groups is 2. The van der Waals surface area contributed by atoms with Crippen molar-refractivity contribution < 1.29 is 14.3 Å². The first-order chi connectivity index (χ1) is 9.61. The second kappa shape index (κ2) is 6.52. The van der Waals surface area contributed by atoms with Gasteiger partial charge in [0.15, 0.2) is 0 Å². The smallest absolute Gasteiger partial charge is 0.329 e. The lowest BCUT2D eigenvalue weighted by Gasteiger charge is -2.39. The largest absolute Gasteiger partial charge is 0.467 e. The van der Waals surface area contributed by atoms with Crippen molar-refractivity contribution in [2.24, 2.45) is 0 Å². The highest BCUT2D eigenvalue weighted by Gasteiger charge is 2.34. The molecular formula is C15H20N2O3. The lowest BCUT2D eigenvalue weighted by Crippen LogP contribution is -2.57. The highest BCUT2D eigenvalue weighted by atomic mass is 16.5. The van der Waals surface area contributed by atoms with E-state index in [1.54, 1.807) is 4.90 Å². The van der Waals surface area contributed by atoms with Gasteiger partial charge in [-0.2, -0.15) is 0 Å². The number of hydrogen-bond donors (Lipinski definition) is 0. The summed E-state index contributed by atoms with van der Waals surface area (Å²) in [6.45, 7) is 4.11. The fourth-order valence-electron chi connectivity index (χ4n) is 2.54. The van der Waals surface area contributed by atoms with Gasteiger partial charge in [-0.1, -0.05) is 30.3 Å². The SMILES string of the molecule is COC(=O)C1CN(Cc2ccccc2)CCN1C(C)=O. The molecule has 0 radical (unpaired) electrons. The van der Waals surface area contributed by atoms with Crippen molar-refractivity contribution in [3.63, 3.8) is 0 Å². The molecule has 0 aromatic heterocycles. The molecule has 1 fully saturated rings. The Balaban J connectivity index is 2.05. The fourth-order valence-corrected chi connectivity index (χ4v) is 2.54. The molecule has 1 aromatic rings. The zero-order chi connectivity index (χ0) is 14.5. The van der Waals surface area contributed by atoms with Crippen LogP contribution in [0.2, 0.25) is 0 Å². The van der Waals surface area contributed by atoms with Crippen LogP contribution in [-0.2, 0) is 20.9 Å². The van der Waals surface area contributed by atoms with Gasteiger partial charge in [0.25, 0.3) is 0 Å². The first-order valence-corrected chi connectivity index (χ1v) is 6.73. The number of ether oxygens (including phenoxy) is 1. The number of nitrogens with zero attached hydrogens (tertiary/aromatic N) is 2. The maximum Gasteiger partial charge on any atom is 0.329 e. The van der Waals surface area contributed by atoms with Crippen LogP contribution in [0.3, 0.4) is 0 Å². The van der Waals surface area contributed by atoms with Crippen molar-refractivity contribution in [2.45, 2.75) is 19.5 Å². The minimum Gasteiger partial charge on any atom is -0.467 e. The van der Waals surface area contributed by atoms with Crippen LogP contribution < -0.4 is 0 Å². The number of amides is 1. The number of esters is 1. The molecule has 1 amide bonds. The molecule has 1 atom stereocenters. The summed E-state index contributed by atoms with van der Waals surface area (Å²) in [4.78, 5) is 27.2. The number of piperazine rings is 1. The van der Waals surface area contributed by atoms with Gasteiger partial charge in [0, 0.05) is 33.1 Å². The molecule has 1 aliphatic heterocycles. The van der Waals surface area contributed by atoms with Crippen LogP contribution in [0.5, 0.6) is 0 Å². The highest BCUT2D eigenvalue weighted by molar-refractivity contribution is 5.83. The predicted octanol–water partition coefficient (Wildman–Crippen LogP) is 0.892. The van der Waals surface area contributed by atoms with E-state index >= 15 is 0 Å². The number of rotatable bonds is 3. The number of hydrogen-bond acceptors (Lipinski definition) is 4. The van der Waals surface area contributed by atoms with Crippen LogP contribution in [-0.4, -0.2) is 54.5 Å². The summed E-state index contributed by atoms with van der Waals surface area (Å²) in [6.07, 6.45) is 0. The minimum atomic E-state index is -0.505. The van der Waals surface area contributed by atoms with E-state index in [4.69, 9.17) is 4.74 Å². The second-order valence-corrected chi connectivity index (χ2v) is 4.97. The monoisotopic (exact) mass is 276 g/mol. The fraction of sp³-hybridized carbons (Fsp3) is 0.467. The number of benzene rings is 1. The molecule has 0 N–H and O–H groups in total. The van der Waals surface area contributed by atoms with E-state index in [1.807, 2.05) is 18.2 Å². The molecule has 0 spiro atoms. The second-order valence-electron chi connectivity index (χ2n) is 4.97. The molecule has 0 aliphatic carbocycles. The Morgan fingerprint density at radius 3 is 2.55 bits per heavy atom. The molecule has 1 aliphatic rings. The normalized spacial score (nSPS) is 19.7. The van der Waals surface area contributed by atoms with E-state index in [2.05, 4.69) is 17.0 Å². The van der Waals surface area contributed by atoms with Gasteiger partial charge in [-0.25, -0.2) is 4.79 Å². The van der Waals surface area contributed by atoms with Crippen molar-refractivity contribution in [3.05, 3.63) is 35.9 Å². The van der Waals surface area contributed by atoms with Gasteiger partial charge >= 0.3 is 5.97 Å². The van der Waals surface area contributed by atoms with Crippen molar-refractivity contribution in [1.29, 1.82) is 0 Å². The maximum atomic E-state index is 11.8. The summed E-state index contributed by atoms with van der Waals surface area (Å²) in [5.41, 5.74) is 1.20. The van der Waals surface area contributed by atoms with Gasteiger partial charge in [-0.15, -0.1) is 0 Å². The van der Waals surface area contributed by atoms with Crippen LogP contribution in [0.4, 0.5) is 0 Å². The first kappa shape index (κ1) is 14.5. The number of methoxy groups -OCH3 is 1. The molecule has 108 valence electrons. The van der Waals surface area contributed by atoms with Crippen LogP contribution in [0.1, 0.15) is 12.5 Å². The zero-order valence-corrected chi connectivity index (χ0v) is 11.9. The molecule has 20 heavy (non-hydrogen) atoms. The maximum absolute atomic E-state index is 11.8. The Labute approximate surface area is 119 Å². The molecule has 1 unspecified atom stereocenters. The van der Waals surface area contributed by atoms with Crippen LogP contribution in [0.15, 0.2) is 30.3 Å². The topological polar surface area (TPSA) is 49.9 Å². The van der Waals surface area contributed by atoms with E-state index in [0.29, 0.717) is 13.1 Å². The zero-order valence-electron chi connectivity index (χ0n) is 11.9. The molecule has 0 bridgehead atoms. The van der Waals surface area contributed by atoms with Gasteiger partial charge in [0.1, 0.15) is 6.04 Å². The minimum absolute atomic E-state index is 0.0836. The molecule has 5 heteroatoms. The summed E-state index contributed by atoms with van der Waals surface area (Å²) < 4.78 is 4.81. The van der Waals surface area contributed by atoms with Gasteiger partial charge in [-0.05, 0) is 5.56 Å². The van der Waals surface area contributed by atoms with Gasteiger partial charge < -0.3 is 9.64 Å². The highest BCUT2D eigenvalue weighted by Crippen LogP contribution is 2.14. The third kappa shape index (κ3) is 3.36. The summed E-state index contributed by atoms with van der Waals surface area (Å²) in [5.74, 6) is -0.433. The average Bonchev–Trinajstić information content (AvgIpc) is 2.47. The molecule has 0 saturated carbocycles. The lowest BCUT2D eigenvalue weighted by atomic mass is 10.1. The molecule has 5 nitrogen and oxygen atoms in total. The van der Waals surface area contributed by atoms with E-state index in [0.717, 1.165) is 13.1 Å². The lowest BCUT2D eigenvalue weighted by molar-refractivity contribution is -0.155. The van der Waals surface area contributed by atoms with Crippen LogP contribution >= 0.6 is 0 Å². The summed E-state index contributed by atoms with van der Waals surface area (Å²) >= 11 is 0. The van der Waals surface area contributed by atoms with E-state index < -0.39 is 6.04 Å². The Hall–Kier alpha value is -1.88. The molecule has 1 heterocycles. The summed E-state index contributed by atoms with van der Waals surface area (Å²) in [5, 5.41) is 0. The Kier molecular flexibility index (Phi) is 4.74. The van der Waals surface area contributed by atoms with E-state index in [-0.39, 0.29) is 11.9 Å².